The van der Waals surface area contributed by atoms with E-state index in [2.05, 4.69) is 11.1 Å². The van der Waals surface area contributed by atoms with Crippen LogP contribution in [-0.4, -0.2) is 45.7 Å². The first-order valence-electron chi connectivity index (χ1n) is 16.3. The number of halogens is 1. The Labute approximate surface area is 279 Å². The number of nitrogens with two attached hydrogens (primary N) is 1. The molecule has 2 heterocycles. The summed E-state index contributed by atoms with van der Waals surface area (Å²) >= 11 is 8.25. The first kappa shape index (κ1) is 34.3. The van der Waals surface area contributed by atoms with Gasteiger partial charge in [-0.2, -0.15) is 0 Å². The van der Waals surface area contributed by atoms with Crippen molar-refractivity contribution < 1.29 is 24.5 Å². The highest BCUT2D eigenvalue weighted by Crippen LogP contribution is 2.46. The lowest BCUT2D eigenvalue weighted by Crippen LogP contribution is -2.32. The summed E-state index contributed by atoms with van der Waals surface area (Å²) in [5.74, 6) is -0.214. The minimum atomic E-state index is -0.822. The van der Waals surface area contributed by atoms with Gasteiger partial charge in [0.2, 0.25) is 0 Å². The van der Waals surface area contributed by atoms with Crippen LogP contribution in [0.3, 0.4) is 0 Å². The van der Waals surface area contributed by atoms with Crippen LogP contribution in [0.1, 0.15) is 69.2 Å². The number of rotatable bonds is 15. The summed E-state index contributed by atoms with van der Waals surface area (Å²) in [5.41, 5.74) is 6.97. The van der Waals surface area contributed by atoms with Crippen LogP contribution in [0.15, 0.2) is 60.8 Å². The molecule has 246 valence electrons. The van der Waals surface area contributed by atoms with Crippen LogP contribution in [0.5, 0.6) is 5.75 Å². The number of hydrogen-bond donors (Lipinski definition) is 4. The van der Waals surface area contributed by atoms with Crippen molar-refractivity contribution in [1.29, 1.82) is 0 Å². The highest BCUT2D eigenvalue weighted by Gasteiger charge is 2.53. The number of H-pyrrole nitrogens is 1. The average Bonchev–Trinajstić information content (AvgIpc) is 3.64. The molecule has 2 unspecified atom stereocenters. The second-order valence-electron chi connectivity index (χ2n) is 13.0. The zero-order valence-corrected chi connectivity index (χ0v) is 28.2. The minimum Gasteiger partial charge on any atom is -0.427 e. The fourth-order valence-corrected chi connectivity index (χ4v) is 8.30. The SMILES string of the molecule is CC1(C)C(=O)[C@H](CC=CCCCC(=O)Oc2ccc3[nH]cc(CCN)c3c2)[C@@H](CCC(O)CCc2sc3ccccc3c2Cl)C1O. The molecule has 7 nitrogen and oxygen atoms in total. The number of ketones is 1. The van der Waals surface area contributed by atoms with Gasteiger partial charge in [0.15, 0.2) is 0 Å². The third kappa shape index (κ3) is 7.75. The Kier molecular flexibility index (Phi) is 11.4. The van der Waals surface area contributed by atoms with Gasteiger partial charge in [-0.3, -0.25) is 9.59 Å². The maximum atomic E-state index is 13.3. The van der Waals surface area contributed by atoms with Crippen molar-refractivity contribution in [2.45, 2.75) is 83.8 Å². The largest absolute Gasteiger partial charge is 0.427 e. The zero-order valence-electron chi connectivity index (χ0n) is 26.6. The van der Waals surface area contributed by atoms with Gasteiger partial charge in [-0.05, 0) is 93.7 Å². The molecule has 1 saturated carbocycles. The molecule has 1 aliphatic rings. The number of Topliss-reactive ketones (excluding diaryl/α,β-unsaturated/α-hetero) is 1. The lowest BCUT2D eigenvalue weighted by atomic mass is 9.85. The summed E-state index contributed by atoms with van der Waals surface area (Å²) in [5, 5.41) is 24.8. The number of ether oxygens (including phenoxy) is 1. The van der Waals surface area contributed by atoms with Crippen LogP contribution in [-0.2, 0) is 22.4 Å². The van der Waals surface area contributed by atoms with E-state index in [1.54, 1.807) is 17.4 Å². The van der Waals surface area contributed by atoms with Gasteiger partial charge in [0.1, 0.15) is 11.5 Å². The molecule has 0 saturated heterocycles. The van der Waals surface area contributed by atoms with Gasteiger partial charge in [-0.15, -0.1) is 11.3 Å². The maximum Gasteiger partial charge on any atom is 0.311 e. The number of unbranched alkanes of at least 4 members (excludes halogenated alkanes) is 1. The second-order valence-corrected chi connectivity index (χ2v) is 14.6. The first-order valence-corrected chi connectivity index (χ1v) is 17.5. The third-order valence-electron chi connectivity index (χ3n) is 9.47. The first-order chi connectivity index (χ1) is 22.1. The van der Waals surface area contributed by atoms with Gasteiger partial charge in [-0.25, -0.2) is 0 Å². The topological polar surface area (TPSA) is 126 Å². The molecular weight excluding hydrogens is 620 g/mol. The molecule has 4 atom stereocenters. The number of thiophene rings is 1. The standard InChI is InChI=1S/C37H45ClN2O5S/c1-37(2)35(43)26(27(36(37)44)16-13-24(41)14-18-32-34(38)28-10-7-8-11-31(28)46-32)9-5-3-4-6-12-33(42)45-25-15-17-30-29(21-25)23(19-20-39)22-40-30/h3,5,7-8,10-11,15,17,21-22,24,26-27,36,40-41,44H,4,6,9,12-14,16,18-20,39H2,1-2H3/t24?,26-,27-,36?/m1/s1. The van der Waals surface area contributed by atoms with Crippen molar-refractivity contribution in [1.82, 2.24) is 4.98 Å². The maximum absolute atomic E-state index is 13.3. The Morgan fingerprint density at radius 3 is 2.74 bits per heavy atom. The summed E-state index contributed by atoms with van der Waals surface area (Å²) in [7, 11) is 0. The number of aliphatic hydroxyl groups excluding tert-OH is 2. The number of carbonyl (C=O) groups is 2. The van der Waals surface area contributed by atoms with Crippen molar-refractivity contribution in [3.8, 4) is 5.75 Å². The van der Waals surface area contributed by atoms with Crippen molar-refractivity contribution in [2.24, 2.45) is 23.0 Å². The quantitative estimate of drug-likeness (QED) is 0.0450. The number of aromatic amines is 1. The van der Waals surface area contributed by atoms with Crippen molar-refractivity contribution in [3.05, 3.63) is 76.3 Å². The molecule has 0 radical (unpaired) electrons. The van der Waals surface area contributed by atoms with Crippen LogP contribution in [0.4, 0.5) is 0 Å². The number of aliphatic hydroxyl groups is 2. The van der Waals surface area contributed by atoms with Gasteiger partial charge < -0.3 is 25.7 Å². The molecular formula is C37H45ClN2O5S. The number of hydrogen-bond acceptors (Lipinski definition) is 7. The van der Waals surface area contributed by atoms with E-state index in [4.69, 9.17) is 22.1 Å². The predicted molar refractivity (Wildman–Crippen MR) is 186 cm³/mol. The molecule has 1 fully saturated rings. The normalized spacial score (nSPS) is 20.3. The molecule has 46 heavy (non-hydrogen) atoms. The molecule has 1 aliphatic carbocycles. The lowest BCUT2D eigenvalue weighted by molar-refractivity contribution is -0.134. The predicted octanol–water partition coefficient (Wildman–Crippen LogP) is 7.54. The number of carbonyl (C=O) groups excluding carboxylic acids is 2. The number of fused-ring (bicyclic) bond motifs is 2. The van der Waals surface area contributed by atoms with E-state index in [-0.39, 0.29) is 30.0 Å². The van der Waals surface area contributed by atoms with Crippen molar-refractivity contribution in [3.63, 3.8) is 0 Å². The number of aromatic nitrogens is 1. The van der Waals surface area contributed by atoms with Gasteiger partial charge in [0, 0.05) is 49.8 Å². The highest BCUT2D eigenvalue weighted by atomic mass is 35.5. The zero-order chi connectivity index (χ0) is 32.8. The minimum absolute atomic E-state index is 0.0683. The molecule has 4 aromatic rings. The summed E-state index contributed by atoms with van der Waals surface area (Å²) in [6, 6.07) is 13.6. The second kappa shape index (κ2) is 15.3. The van der Waals surface area contributed by atoms with E-state index >= 15 is 0 Å². The van der Waals surface area contributed by atoms with E-state index in [1.165, 1.54) is 0 Å². The molecule has 0 aliphatic heterocycles. The Hall–Kier alpha value is -3.01. The van der Waals surface area contributed by atoms with Crippen molar-refractivity contribution >= 4 is 55.7 Å². The van der Waals surface area contributed by atoms with Gasteiger partial charge in [0.25, 0.3) is 0 Å². The van der Waals surface area contributed by atoms with Crippen LogP contribution in [0.25, 0.3) is 21.0 Å². The summed E-state index contributed by atoms with van der Waals surface area (Å²) in [4.78, 5) is 30.1. The van der Waals surface area contributed by atoms with E-state index in [0.29, 0.717) is 57.2 Å². The molecule has 2 aromatic heterocycles. The monoisotopic (exact) mass is 664 g/mol. The molecule has 0 amide bonds. The number of aryl methyl sites for hydroxylation is 1. The van der Waals surface area contributed by atoms with Crippen LogP contribution in [0, 0.1) is 17.3 Å². The number of allylic oxidation sites excluding steroid dienone is 2. The number of nitrogens with one attached hydrogen (secondary N) is 1. The third-order valence-corrected chi connectivity index (χ3v) is 11.2. The van der Waals surface area contributed by atoms with Gasteiger partial charge in [0.05, 0.1) is 17.2 Å². The summed E-state index contributed by atoms with van der Waals surface area (Å²) in [6.45, 7) is 4.18. The molecule has 0 spiro atoms. The van der Waals surface area contributed by atoms with Crippen LogP contribution < -0.4 is 10.5 Å². The van der Waals surface area contributed by atoms with Crippen molar-refractivity contribution in [2.75, 3.05) is 6.54 Å². The number of benzene rings is 2. The smallest absolute Gasteiger partial charge is 0.311 e. The highest BCUT2D eigenvalue weighted by molar-refractivity contribution is 7.19. The van der Waals surface area contributed by atoms with Gasteiger partial charge >= 0.3 is 5.97 Å². The molecule has 2 aromatic carbocycles. The molecule has 5 rings (SSSR count). The van der Waals surface area contributed by atoms with Crippen LogP contribution >= 0.6 is 22.9 Å². The Morgan fingerprint density at radius 2 is 1.96 bits per heavy atom. The summed E-state index contributed by atoms with van der Waals surface area (Å²) < 4.78 is 6.72. The molecule has 0 bridgehead atoms. The Balaban J connectivity index is 1.07. The van der Waals surface area contributed by atoms with Gasteiger partial charge in [-0.1, -0.05) is 55.8 Å². The average molecular weight is 665 g/mol. The fraction of sp³-hybridized carbons (Fsp3) is 0.459. The molecule has 9 heteroatoms. The van der Waals surface area contributed by atoms with E-state index in [1.807, 2.05) is 62.5 Å². The summed E-state index contributed by atoms with van der Waals surface area (Å²) in [6.07, 6.45) is 9.88. The molecule has 5 N–H and O–H groups in total. The van der Waals surface area contributed by atoms with E-state index < -0.39 is 17.6 Å². The van der Waals surface area contributed by atoms with E-state index in [0.717, 1.165) is 42.9 Å². The fourth-order valence-electron chi connectivity index (χ4n) is 6.76. The van der Waals surface area contributed by atoms with E-state index in [9.17, 15) is 19.8 Å². The van der Waals surface area contributed by atoms with Crippen LogP contribution in [0.2, 0.25) is 5.02 Å². The lowest BCUT2D eigenvalue weighted by Gasteiger charge is -2.25. The number of esters is 1. The Morgan fingerprint density at radius 1 is 1.15 bits per heavy atom. The Bertz CT molecular complexity index is 1690.